The molecule has 1 rings (SSSR count). The maximum atomic E-state index is 12.4. The van der Waals surface area contributed by atoms with E-state index in [0.29, 0.717) is 6.42 Å². The minimum atomic E-state index is -0.800. The van der Waals surface area contributed by atoms with Gasteiger partial charge in [-0.05, 0) is 47.1 Å². The van der Waals surface area contributed by atoms with Gasteiger partial charge in [0, 0.05) is 6.42 Å². The van der Waals surface area contributed by atoms with E-state index < -0.39 is 29.3 Å². The topological polar surface area (TPSA) is 64.6 Å². The highest BCUT2D eigenvalue weighted by Gasteiger charge is 2.28. The molecule has 1 aromatic rings. The minimum Gasteiger partial charge on any atom is -0.458 e. The van der Waals surface area contributed by atoms with Crippen LogP contribution >= 0.6 is 0 Å². The first-order chi connectivity index (χ1) is 10.5. The lowest BCUT2D eigenvalue weighted by molar-refractivity contribution is -0.157. The second-order valence-electron chi connectivity index (χ2n) is 7.42. The number of benzene rings is 1. The van der Waals surface area contributed by atoms with Crippen molar-refractivity contribution in [2.75, 3.05) is 0 Å². The fraction of sp³-hybridized carbons (Fsp3) is 0.556. The van der Waals surface area contributed by atoms with Crippen molar-refractivity contribution in [3.63, 3.8) is 0 Å². The van der Waals surface area contributed by atoms with E-state index in [-0.39, 0.29) is 0 Å². The maximum absolute atomic E-state index is 12.4. The van der Waals surface area contributed by atoms with Crippen LogP contribution in [-0.2, 0) is 20.7 Å². The van der Waals surface area contributed by atoms with Crippen molar-refractivity contribution >= 4 is 12.1 Å². The molecule has 0 heterocycles. The molecule has 0 unspecified atom stereocenters. The van der Waals surface area contributed by atoms with Crippen LogP contribution in [0, 0.1) is 0 Å². The summed E-state index contributed by atoms with van der Waals surface area (Å²) in [6.07, 6.45) is -0.293. The Bertz CT molecular complexity index is 526. The molecule has 1 amide bonds. The van der Waals surface area contributed by atoms with Crippen LogP contribution in [0.1, 0.15) is 47.1 Å². The Hall–Kier alpha value is -2.04. The molecule has 0 aliphatic rings. The molecule has 128 valence electrons. The monoisotopic (exact) mass is 321 g/mol. The van der Waals surface area contributed by atoms with Crippen LogP contribution in [0.3, 0.4) is 0 Å². The SMILES string of the molecule is CC(C)(C)OC(=O)N[C@H](Cc1ccccc1)C(=O)OC(C)(C)C. The fourth-order valence-corrected chi connectivity index (χ4v) is 1.87. The average molecular weight is 321 g/mol. The van der Waals surface area contributed by atoms with Crippen molar-refractivity contribution in [2.45, 2.75) is 65.2 Å². The summed E-state index contributed by atoms with van der Waals surface area (Å²) in [5, 5.41) is 2.61. The van der Waals surface area contributed by atoms with Crippen molar-refractivity contribution in [3.8, 4) is 0 Å². The molecule has 5 heteroatoms. The molecule has 0 saturated carbocycles. The van der Waals surface area contributed by atoms with Crippen molar-refractivity contribution in [1.82, 2.24) is 5.32 Å². The zero-order chi connectivity index (χ0) is 17.7. The highest BCUT2D eigenvalue weighted by Crippen LogP contribution is 2.13. The quantitative estimate of drug-likeness (QED) is 0.863. The number of amides is 1. The summed E-state index contributed by atoms with van der Waals surface area (Å²) in [6, 6.07) is 8.66. The average Bonchev–Trinajstić information content (AvgIpc) is 2.34. The summed E-state index contributed by atoms with van der Waals surface area (Å²) in [4.78, 5) is 24.4. The molecule has 0 fully saturated rings. The molecule has 0 bridgehead atoms. The number of alkyl carbamates (subject to hydrolysis) is 1. The Morgan fingerprint density at radius 1 is 0.957 bits per heavy atom. The van der Waals surface area contributed by atoms with Crippen LogP contribution in [-0.4, -0.2) is 29.3 Å². The first-order valence-electron chi connectivity index (χ1n) is 7.72. The molecule has 1 aromatic carbocycles. The van der Waals surface area contributed by atoms with Gasteiger partial charge in [-0.2, -0.15) is 0 Å². The van der Waals surface area contributed by atoms with E-state index in [9.17, 15) is 9.59 Å². The van der Waals surface area contributed by atoms with Gasteiger partial charge in [0.25, 0.3) is 0 Å². The summed E-state index contributed by atoms with van der Waals surface area (Å²) in [5.41, 5.74) is -0.323. The second kappa shape index (κ2) is 7.49. The van der Waals surface area contributed by atoms with Gasteiger partial charge in [-0.15, -0.1) is 0 Å². The number of hydrogen-bond acceptors (Lipinski definition) is 4. The Balaban J connectivity index is 2.83. The fourth-order valence-electron chi connectivity index (χ4n) is 1.87. The van der Waals surface area contributed by atoms with Crippen LogP contribution in [0.5, 0.6) is 0 Å². The van der Waals surface area contributed by atoms with Crippen molar-refractivity contribution in [3.05, 3.63) is 35.9 Å². The summed E-state index contributed by atoms with van der Waals surface area (Å²) in [5.74, 6) is -0.479. The van der Waals surface area contributed by atoms with Crippen LogP contribution < -0.4 is 5.32 Å². The van der Waals surface area contributed by atoms with Gasteiger partial charge in [-0.1, -0.05) is 30.3 Å². The molecule has 1 atom stereocenters. The van der Waals surface area contributed by atoms with Crippen molar-refractivity contribution in [2.24, 2.45) is 0 Å². The van der Waals surface area contributed by atoms with E-state index >= 15 is 0 Å². The van der Waals surface area contributed by atoms with Crippen LogP contribution in [0.4, 0.5) is 4.79 Å². The second-order valence-corrected chi connectivity index (χ2v) is 7.42. The number of esters is 1. The first kappa shape index (κ1) is 19.0. The molecule has 5 nitrogen and oxygen atoms in total. The molecule has 0 spiro atoms. The van der Waals surface area contributed by atoms with Gasteiger partial charge < -0.3 is 14.8 Å². The van der Waals surface area contributed by atoms with Crippen LogP contribution in [0.15, 0.2) is 30.3 Å². The van der Waals surface area contributed by atoms with Gasteiger partial charge in [0.05, 0.1) is 0 Å². The standard InChI is InChI=1S/C18H27NO4/c1-17(2,3)22-15(20)14(12-13-10-8-7-9-11-13)19-16(21)23-18(4,5)6/h7-11,14H,12H2,1-6H3,(H,19,21)/t14-/m1/s1. The maximum Gasteiger partial charge on any atom is 0.408 e. The minimum absolute atomic E-state index is 0.342. The molecule has 23 heavy (non-hydrogen) atoms. The Kier molecular flexibility index (Phi) is 6.19. The van der Waals surface area contributed by atoms with Crippen LogP contribution in [0.2, 0.25) is 0 Å². The lowest BCUT2D eigenvalue weighted by Crippen LogP contribution is -2.47. The number of nitrogens with one attached hydrogen (secondary N) is 1. The van der Waals surface area contributed by atoms with Crippen LogP contribution in [0.25, 0.3) is 0 Å². The van der Waals surface area contributed by atoms with Crippen molar-refractivity contribution < 1.29 is 19.1 Å². The molecule has 0 aliphatic heterocycles. The lowest BCUT2D eigenvalue weighted by Gasteiger charge is -2.26. The Morgan fingerprint density at radius 2 is 1.48 bits per heavy atom. The number of carbonyl (C=O) groups excluding carboxylic acids is 2. The van der Waals surface area contributed by atoms with E-state index in [1.54, 1.807) is 41.5 Å². The van der Waals surface area contributed by atoms with E-state index in [4.69, 9.17) is 9.47 Å². The predicted octanol–water partition coefficient (Wildman–Crippen LogP) is 3.46. The summed E-state index contributed by atoms with van der Waals surface area (Å²) in [6.45, 7) is 10.7. The lowest BCUT2D eigenvalue weighted by atomic mass is 10.1. The van der Waals surface area contributed by atoms with Gasteiger partial charge in [-0.25, -0.2) is 9.59 Å². The van der Waals surface area contributed by atoms with Gasteiger partial charge in [0.15, 0.2) is 0 Å². The van der Waals surface area contributed by atoms with Gasteiger partial charge >= 0.3 is 12.1 Å². The van der Waals surface area contributed by atoms with E-state index in [0.717, 1.165) is 5.56 Å². The number of hydrogen-bond donors (Lipinski definition) is 1. The van der Waals surface area contributed by atoms with E-state index in [1.807, 2.05) is 30.3 Å². The zero-order valence-electron chi connectivity index (χ0n) is 14.8. The molecular formula is C18H27NO4. The predicted molar refractivity (Wildman–Crippen MR) is 89.1 cm³/mol. The largest absolute Gasteiger partial charge is 0.458 e. The zero-order valence-corrected chi connectivity index (χ0v) is 14.8. The third kappa shape index (κ3) is 8.24. The normalized spacial score (nSPS) is 13.1. The molecule has 0 aliphatic carbocycles. The smallest absolute Gasteiger partial charge is 0.408 e. The van der Waals surface area contributed by atoms with Gasteiger partial charge in [-0.3, -0.25) is 0 Å². The molecule has 0 aromatic heterocycles. The molecule has 0 saturated heterocycles. The third-order valence-electron chi connectivity index (χ3n) is 2.66. The Labute approximate surface area is 138 Å². The number of ether oxygens (including phenoxy) is 2. The first-order valence-corrected chi connectivity index (χ1v) is 7.72. The van der Waals surface area contributed by atoms with E-state index in [2.05, 4.69) is 5.32 Å². The van der Waals surface area contributed by atoms with Gasteiger partial charge in [0.1, 0.15) is 17.2 Å². The molecular weight excluding hydrogens is 294 g/mol. The summed E-state index contributed by atoms with van der Waals surface area (Å²) in [7, 11) is 0. The van der Waals surface area contributed by atoms with E-state index in [1.165, 1.54) is 0 Å². The highest BCUT2D eigenvalue weighted by atomic mass is 16.6. The Morgan fingerprint density at radius 3 is 1.96 bits per heavy atom. The summed E-state index contributed by atoms with van der Waals surface area (Å²) >= 11 is 0. The third-order valence-corrected chi connectivity index (χ3v) is 2.66. The highest BCUT2D eigenvalue weighted by molar-refractivity contribution is 5.82. The number of rotatable bonds is 4. The molecule has 1 N–H and O–H groups in total. The molecule has 0 radical (unpaired) electrons. The van der Waals surface area contributed by atoms with Gasteiger partial charge in [0.2, 0.25) is 0 Å². The number of carbonyl (C=O) groups is 2. The van der Waals surface area contributed by atoms with Crippen molar-refractivity contribution in [1.29, 1.82) is 0 Å². The summed E-state index contributed by atoms with van der Waals surface area (Å²) < 4.78 is 10.6.